The fraction of sp³-hybridized carbons (Fsp3) is 1.00. The molecule has 1 saturated carbocycles. The topological polar surface area (TPSA) is 15.3 Å². The Hall–Kier alpha value is -0.0800. The number of hydrogen-bond acceptors (Lipinski definition) is 2. The quantitative estimate of drug-likeness (QED) is 0.796. The molecule has 2 rings (SSSR count). The molecule has 1 heterocycles. The van der Waals surface area contributed by atoms with Crippen molar-refractivity contribution in [2.24, 2.45) is 11.3 Å². The smallest absolute Gasteiger partial charge is 0.0251 e. The van der Waals surface area contributed by atoms with E-state index in [1.54, 1.807) is 0 Å². The van der Waals surface area contributed by atoms with Gasteiger partial charge in [-0.15, -0.1) is 0 Å². The van der Waals surface area contributed by atoms with E-state index in [2.05, 4.69) is 38.0 Å². The van der Waals surface area contributed by atoms with Gasteiger partial charge in [-0.2, -0.15) is 0 Å². The molecule has 3 unspecified atom stereocenters. The van der Waals surface area contributed by atoms with Crippen LogP contribution in [0.2, 0.25) is 0 Å². The number of hydrogen-bond donors (Lipinski definition) is 1. The molecule has 1 aliphatic heterocycles. The molecule has 17 heavy (non-hydrogen) atoms. The van der Waals surface area contributed by atoms with E-state index in [9.17, 15) is 0 Å². The summed E-state index contributed by atoms with van der Waals surface area (Å²) in [6, 6.07) is 1.52. The van der Waals surface area contributed by atoms with Gasteiger partial charge >= 0.3 is 0 Å². The van der Waals surface area contributed by atoms with Crippen LogP contribution < -0.4 is 5.32 Å². The zero-order valence-electron chi connectivity index (χ0n) is 12.1. The van der Waals surface area contributed by atoms with Crippen molar-refractivity contribution in [1.82, 2.24) is 10.2 Å². The van der Waals surface area contributed by atoms with Gasteiger partial charge in [-0.05, 0) is 63.6 Å². The first-order chi connectivity index (χ1) is 8.02. The van der Waals surface area contributed by atoms with Crippen LogP contribution in [0.5, 0.6) is 0 Å². The third-order valence-corrected chi connectivity index (χ3v) is 5.07. The first kappa shape index (κ1) is 13.4. The molecule has 2 nitrogen and oxygen atoms in total. The van der Waals surface area contributed by atoms with Gasteiger partial charge < -0.3 is 5.32 Å². The van der Waals surface area contributed by atoms with Gasteiger partial charge in [0.15, 0.2) is 0 Å². The highest BCUT2D eigenvalue weighted by molar-refractivity contribution is 4.92. The second-order valence-electron chi connectivity index (χ2n) is 7.08. The van der Waals surface area contributed by atoms with Crippen LogP contribution in [0.25, 0.3) is 0 Å². The van der Waals surface area contributed by atoms with Gasteiger partial charge in [-0.1, -0.05) is 20.8 Å². The summed E-state index contributed by atoms with van der Waals surface area (Å²) in [7, 11) is 2.14. The maximum absolute atomic E-state index is 3.55. The zero-order valence-corrected chi connectivity index (χ0v) is 12.1. The van der Waals surface area contributed by atoms with Crippen molar-refractivity contribution >= 4 is 0 Å². The lowest BCUT2D eigenvalue weighted by atomic mass is 9.78. The number of likely N-dealkylation sites (tertiary alicyclic amines) is 1. The van der Waals surface area contributed by atoms with E-state index in [0.717, 1.165) is 18.0 Å². The van der Waals surface area contributed by atoms with Crippen LogP contribution in [0.1, 0.15) is 52.9 Å². The van der Waals surface area contributed by atoms with Gasteiger partial charge in [0.2, 0.25) is 0 Å². The van der Waals surface area contributed by atoms with Crippen LogP contribution in [0.3, 0.4) is 0 Å². The van der Waals surface area contributed by atoms with Crippen molar-refractivity contribution in [1.29, 1.82) is 0 Å². The van der Waals surface area contributed by atoms with Crippen LogP contribution >= 0.6 is 0 Å². The largest absolute Gasteiger partial charge is 0.315 e. The minimum Gasteiger partial charge on any atom is -0.315 e. The SMILES string of the molecule is CNC1CCC(C)CC1N1CCC(C)(C)CC1. The van der Waals surface area contributed by atoms with Crippen molar-refractivity contribution in [3.05, 3.63) is 0 Å². The number of nitrogens with zero attached hydrogens (tertiary/aromatic N) is 1. The summed E-state index contributed by atoms with van der Waals surface area (Å²) >= 11 is 0. The van der Waals surface area contributed by atoms with Crippen molar-refractivity contribution in [3.63, 3.8) is 0 Å². The first-order valence-corrected chi connectivity index (χ1v) is 7.43. The van der Waals surface area contributed by atoms with Crippen LogP contribution in [-0.4, -0.2) is 37.1 Å². The summed E-state index contributed by atoms with van der Waals surface area (Å²) in [5.74, 6) is 0.916. The molecular formula is C15H30N2. The highest BCUT2D eigenvalue weighted by atomic mass is 15.2. The van der Waals surface area contributed by atoms with E-state index < -0.39 is 0 Å². The summed E-state index contributed by atoms with van der Waals surface area (Å²) in [6.45, 7) is 9.88. The molecule has 3 atom stereocenters. The van der Waals surface area contributed by atoms with Gasteiger partial charge in [-0.25, -0.2) is 0 Å². The van der Waals surface area contributed by atoms with Crippen molar-refractivity contribution in [2.45, 2.75) is 65.0 Å². The molecule has 0 aromatic carbocycles. The second kappa shape index (κ2) is 5.27. The van der Waals surface area contributed by atoms with Gasteiger partial charge in [-0.3, -0.25) is 4.90 Å². The molecule has 0 amide bonds. The van der Waals surface area contributed by atoms with Crippen LogP contribution in [0.15, 0.2) is 0 Å². The molecule has 0 spiro atoms. The number of nitrogens with one attached hydrogen (secondary N) is 1. The van der Waals surface area contributed by atoms with Crippen LogP contribution in [0.4, 0.5) is 0 Å². The summed E-state index contributed by atoms with van der Waals surface area (Å²) in [5.41, 5.74) is 0.575. The zero-order chi connectivity index (χ0) is 12.5. The van der Waals surface area contributed by atoms with E-state index in [4.69, 9.17) is 0 Å². The summed E-state index contributed by atoms with van der Waals surface area (Å²) in [5, 5.41) is 3.55. The lowest BCUT2D eigenvalue weighted by Gasteiger charge is -2.46. The van der Waals surface area contributed by atoms with Gasteiger partial charge in [0.1, 0.15) is 0 Å². The van der Waals surface area contributed by atoms with E-state index in [1.807, 2.05) is 0 Å². The molecule has 0 radical (unpaired) electrons. The van der Waals surface area contributed by atoms with Gasteiger partial charge in [0.25, 0.3) is 0 Å². The molecule has 2 aliphatic rings. The summed E-state index contributed by atoms with van der Waals surface area (Å²) in [6.07, 6.45) is 6.90. The van der Waals surface area contributed by atoms with Crippen molar-refractivity contribution in [2.75, 3.05) is 20.1 Å². The Kier molecular flexibility index (Phi) is 4.14. The number of rotatable bonds is 2. The van der Waals surface area contributed by atoms with Gasteiger partial charge in [0, 0.05) is 12.1 Å². The number of likely N-dealkylation sites (N-methyl/N-ethyl adjacent to an activating group) is 1. The monoisotopic (exact) mass is 238 g/mol. The Morgan fingerprint density at radius 2 is 1.76 bits per heavy atom. The Morgan fingerprint density at radius 3 is 2.35 bits per heavy atom. The average Bonchev–Trinajstić information content (AvgIpc) is 2.29. The van der Waals surface area contributed by atoms with Crippen molar-refractivity contribution in [3.8, 4) is 0 Å². The fourth-order valence-electron chi connectivity index (χ4n) is 3.55. The normalized spacial score (nSPS) is 39.2. The molecule has 2 fully saturated rings. The van der Waals surface area contributed by atoms with E-state index in [-0.39, 0.29) is 0 Å². The highest BCUT2D eigenvalue weighted by Crippen LogP contribution is 2.34. The van der Waals surface area contributed by atoms with Gasteiger partial charge in [0.05, 0.1) is 0 Å². The maximum Gasteiger partial charge on any atom is 0.0251 e. The Morgan fingerprint density at radius 1 is 1.12 bits per heavy atom. The molecule has 100 valence electrons. The minimum atomic E-state index is 0.575. The lowest BCUT2D eigenvalue weighted by molar-refractivity contribution is 0.0489. The van der Waals surface area contributed by atoms with E-state index in [0.29, 0.717) is 5.41 Å². The molecule has 0 aromatic heterocycles. The minimum absolute atomic E-state index is 0.575. The summed E-state index contributed by atoms with van der Waals surface area (Å²) in [4.78, 5) is 2.77. The average molecular weight is 238 g/mol. The molecule has 1 saturated heterocycles. The van der Waals surface area contributed by atoms with Crippen LogP contribution in [0, 0.1) is 11.3 Å². The predicted molar refractivity (Wildman–Crippen MR) is 74.2 cm³/mol. The first-order valence-electron chi connectivity index (χ1n) is 7.43. The molecule has 1 aliphatic carbocycles. The highest BCUT2D eigenvalue weighted by Gasteiger charge is 2.35. The third-order valence-electron chi connectivity index (χ3n) is 5.07. The predicted octanol–water partition coefficient (Wildman–Crippen LogP) is 2.89. The summed E-state index contributed by atoms with van der Waals surface area (Å²) < 4.78 is 0. The Labute approximate surface area is 107 Å². The molecule has 0 aromatic rings. The molecule has 2 heteroatoms. The van der Waals surface area contributed by atoms with E-state index in [1.165, 1.54) is 45.2 Å². The van der Waals surface area contributed by atoms with Crippen molar-refractivity contribution < 1.29 is 0 Å². The molecule has 0 bridgehead atoms. The van der Waals surface area contributed by atoms with Crippen LogP contribution in [-0.2, 0) is 0 Å². The number of piperidine rings is 1. The Bertz CT molecular complexity index is 239. The Balaban J connectivity index is 1.95. The fourth-order valence-corrected chi connectivity index (χ4v) is 3.55. The standard InChI is InChI=1S/C15H30N2/c1-12-5-6-13(16-4)14(11-12)17-9-7-15(2,3)8-10-17/h12-14,16H,5-11H2,1-4H3. The molecule has 1 N–H and O–H groups in total. The lowest BCUT2D eigenvalue weighted by Crippen LogP contribution is -2.54. The third kappa shape index (κ3) is 3.23. The molecular weight excluding hydrogens is 208 g/mol. The van der Waals surface area contributed by atoms with E-state index >= 15 is 0 Å². The second-order valence-corrected chi connectivity index (χ2v) is 7.08. The maximum atomic E-state index is 3.55.